The monoisotopic (exact) mass is 386 g/mol. The van der Waals surface area contributed by atoms with Gasteiger partial charge in [-0.3, -0.25) is 19.5 Å². The van der Waals surface area contributed by atoms with E-state index in [0.717, 1.165) is 13.0 Å². The van der Waals surface area contributed by atoms with Gasteiger partial charge in [0.05, 0.1) is 11.8 Å². The summed E-state index contributed by atoms with van der Waals surface area (Å²) in [5.74, 6) is 1.42. The lowest BCUT2D eigenvalue weighted by molar-refractivity contribution is -0.140. The molecule has 5 unspecified atom stereocenters. The van der Waals surface area contributed by atoms with Gasteiger partial charge in [-0.2, -0.15) is 0 Å². The Morgan fingerprint density at radius 2 is 1.96 bits per heavy atom. The molecule has 7 heteroatoms. The molecular formula is C20H26N4O2S. The molecule has 5 atom stereocenters. The fourth-order valence-corrected chi connectivity index (χ4v) is 5.40. The van der Waals surface area contributed by atoms with E-state index in [4.69, 9.17) is 0 Å². The molecule has 2 N–H and O–H groups in total. The van der Waals surface area contributed by atoms with E-state index in [1.807, 2.05) is 0 Å². The zero-order valence-electron chi connectivity index (χ0n) is 15.7. The number of hydrogen-bond donors (Lipinski definition) is 2. The molecule has 0 radical (unpaired) electrons. The van der Waals surface area contributed by atoms with Crippen LogP contribution in [0.5, 0.6) is 0 Å². The molecule has 1 saturated heterocycles. The molecule has 144 valence electrons. The average molecular weight is 387 g/mol. The number of imide groups is 1. The number of nitrogens with one attached hydrogen (secondary N) is 2. The SMILES string of the molecule is CN=C(NCCN1C(=O)C2C3C=CC(C3)C2C1=O)NCC(C)c1cccs1. The molecule has 1 saturated carbocycles. The number of aliphatic imine (C=N–C) groups is 1. The van der Waals surface area contributed by atoms with Gasteiger partial charge < -0.3 is 10.6 Å². The van der Waals surface area contributed by atoms with Gasteiger partial charge in [0, 0.05) is 37.5 Å². The van der Waals surface area contributed by atoms with Gasteiger partial charge in [-0.1, -0.05) is 25.1 Å². The van der Waals surface area contributed by atoms with E-state index in [1.54, 1.807) is 18.4 Å². The van der Waals surface area contributed by atoms with Gasteiger partial charge in [-0.05, 0) is 29.7 Å². The highest BCUT2D eigenvalue weighted by Gasteiger charge is 2.58. The summed E-state index contributed by atoms with van der Waals surface area (Å²) < 4.78 is 0. The lowest BCUT2D eigenvalue weighted by Gasteiger charge is -2.19. The van der Waals surface area contributed by atoms with Crippen LogP contribution in [0.4, 0.5) is 0 Å². The van der Waals surface area contributed by atoms with Crippen molar-refractivity contribution in [3.05, 3.63) is 34.5 Å². The van der Waals surface area contributed by atoms with Crippen molar-refractivity contribution in [1.82, 2.24) is 15.5 Å². The molecule has 4 rings (SSSR count). The summed E-state index contributed by atoms with van der Waals surface area (Å²) in [4.78, 5) is 32.4. The number of thiophene rings is 1. The molecule has 2 amide bonds. The van der Waals surface area contributed by atoms with Gasteiger partial charge in [0.2, 0.25) is 11.8 Å². The second-order valence-corrected chi connectivity index (χ2v) is 8.60. The number of carbonyl (C=O) groups excluding carboxylic acids is 2. The number of guanidine groups is 1. The van der Waals surface area contributed by atoms with Gasteiger partial charge in [-0.15, -0.1) is 11.3 Å². The second-order valence-electron chi connectivity index (χ2n) is 7.62. The molecule has 1 aromatic heterocycles. The van der Waals surface area contributed by atoms with Crippen molar-refractivity contribution in [3.63, 3.8) is 0 Å². The normalized spacial score (nSPS) is 30.1. The molecule has 1 aliphatic heterocycles. The maximum atomic E-state index is 12.7. The van der Waals surface area contributed by atoms with Crippen LogP contribution in [0.3, 0.4) is 0 Å². The van der Waals surface area contributed by atoms with Crippen LogP contribution in [0.15, 0.2) is 34.7 Å². The summed E-state index contributed by atoms with van der Waals surface area (Å²) in [5.41, 5.74) is 0. The Bertz CT molecular complexity index is 743. The molecule has 3 aliphatic rings. The molecule has 1 aromatic rings. The highest BCUT2D eigenvalue weighted by atomic mass is 32.1. The van der Waals surface area contributed by atoms with Crippen LogP contribution in [0.25, 0.3) is 0 Å². The first-order chi connectivity index (χ1) is 13.1. The topological polar surface area (TPSA) is 73.8 Å². The van der Waals surface area contributed by atoms with Crippen LogP contribution in [0, 0.1) is 23.7 Å². The fourth-order valence-electron chi connectivity index (χ4n) is 4.61. The maximum absolute atomic E-state index is 12.7. The Morgan fingerprint density at radius 3 is 2.56 bits per heavy atom. The van der Waals surface area contributed by atoms with E-state index in [2.05, 4.69) is 52.2 Å². The highest BCUT2D eigenvalue weighted by Crippen LogP contribution is 2.52. The summed E-state index contributed by atoms with van der Waals surface area (Å²) >= 11 is 1.75. The van der Waals surface area contributed by atoms with Gasteiger partial charge in [-0.25, -0.2) is 0 Å². The number of likely N-dealkylation sites (tertiary alicyclic amines) is 1. The smallest absolute Gasteiger partial charge is 0.233 e. The average Bonchev–Trinajstić information content (AvgIpc) is 3.45. The van der Waals surface area contributed by atoms with E-state index in [0.29, 0.717) is 25.0 Å². The predicted molar refractivity (Wildman–Crippen MR) is 107 cm³/mol. The third-order valence-corrected chi connectivity index (χ3v) is 7.12. The minimum atomic E-state index is -0.114. The van der Waals surface area contributed by atoms with Gasteiger partial charge >= 0.3 is 0 Å². The van der Waals surface area contributed by atoms with Gasteiger partial charge in [0.15, 0.2) is 5.96 Å². The van der Waals surface area contributed by atoms with Crippen molar-refractivity contribution in [1.29, 1.82) is 0 Å². The zero-order valence-corrected chi connectivity index (χ0v) is 16.5. The second kappa shape index (κ2) is 7.46. The maximum Gasteiger partial charge on any atom is 0.233 e. The van der Waals surface area contributed by atoms with Crippen molar-refractivity contribution >= 4 is 29.1 Å². The van der Waals surface area contributed by atoms with Crippen LogP contribution in [-0.4, -0.2) is 49.4 Å². The van der Waals surface area contributed by atoms with Crippen LogP contribution in [0.1, 0.15) is 24.1 Å². The molecule has 2 fully saturated rings. The van der Waals surface area contributed by atoms with Crippen molar-refractivity contribution < 1.29 is 9.59 Å². The summed E-state index contributed by atoms with van der Waals surface area (Å²) in [6.45, 7) is 3.85. The lowest BCUT2D eigenvalue weighted by atomic mass is 9.85. The fraction of sp³-hybridized carbons (Fsp3) is 0.550. The lowest BCUT2D eigenvalue weighted by Crippen LogP contribution is -2.44. The minimum absolute atomic E-state index is 0.0120. The van der Waals surface area contributed by atoms with Crippen LogP contribution in [0.2, 0.25) is 0 Å². The molecule has 6 nitrogen and oxygen atoms in total. The standard InChI is InChI=1S/C20H26N4O2S/c1-12(15-4-3-9-27-15)11-23-20(21-2)22-7-8-24-18(25)16-13-5-6-14(10-13)17(16)19(24)26/h3-6,9,12-14,16-17H,7-8,10-11H2,1-2H3,(H2,21,22,23). The first-order valence-corrected chi connectivity index (χ1v) is 10.5. The first kappa shape index (κ1) is 18.2. The quantitative estimate of drug-likeness (QED) is 0.339. The molecule has 2 bridgehead atoms. The molecule has 0 aromatic carbocycles. The number of amides is 2. The third-order valence-electron chi connectivity index (χ3n) is 6.02. The number of carbonyl (C=O) groups is 2. The van der Waals surface area contributed by atoms with Crippen molar-refractivity contribution in [3.8, 4) is 0 Å². The van der Waals surface area contributed by atoms with E-state index in [-0.39, 0.29) is 35.5 Å². The minimum Gasteiger partial charge on any atom is -0.356 e. The van der Waals surface area contributed by atoms with Crippen LogP contribution in [-0.2, 0) is 9.59 Å². The molecule has 0 spiro atoms. The highest BCUT2D eigenvalue weighted by molar-refractivity contribution is 7.10. The number of allylic oxidation sites excluding steroid dienone is 2. The van der Waals surface area contributed by atoms with E-state index >= 15 is 0 Å². The van der Waals surface area contributed by atoms with E-state index in [9.17, 15) is 9.59 Å². The van der Waals surface area contributed by atoms with Gasteiger partial charge in [0.25, 0.3) is 0 Å². The summed E-state index contributed by atoms with van der Waals surface area (Å²) in [6.07, 6.45) is 5.22. The first-order valence-electron chi connectivity index (χ1n) is 9.61. The van der Waals surface area contributed by atoms with Crippen molar-refractivity contribution in [2.24, 2.45) is 28.7 Å². The molecule has 2 aliphatic carbocycles. The summed E-state index contributed by atoms with van der Waals surface area (Å²) in [7, 11) is 1.73. The third kappa shape index (κ3) is 3.29. The number of fused-ring (bicyclic) bond motifs is 5. The van der Waals surface area contributed by atoms with E-state index in [1.165, 1.54) is 9.78 Å². The Labute approximate surface area is 163 Å². The molecular weight excluding hydrogens is 360 g/mol. The largest absolute Gasteiger partial charge is 0.356 e. The molecule has 2 heterocycles. The van der Waals surface area contributed by atoms with Crippen LogP contribution < -0.4 is 10.6 Å². The molecule has 27 heavy (non-hydrogen) atoms. The number of rotatable bonds is 6. The zero-order chi connectivity index (χ0) is 19.0. The Kier molecular flexibility index (Phi) is 5.04. The van der Waals surface area contributed by atoms with Crippen molar-refractivity contribution in [2.75, 3.05) is 26.7 Å². The van der Waals surface area contributed by atoms with E-state index < -0.39 is 0 Å². The Balaban J connectivity index is 1.25. The summed E-state index contributed by atoms with van der Waals surface area (Å²) in [5, 5.41) is 8.62. The Hall–Kier alpha value is -2.15. The number of hydrogen-bond acceptors (Lipinski definition) is 4. The summed E-state index contributed by atoms with van der Waals surface area (Å²) in [6, 6.07) is 4.20. The number of nitrogens with zero attached hydrogens (tertiary/aromatic N) is 2. The van der Waals surface area contributed by atoms with Crippen molar-refractivity contribution in [2.45, 2.75) is 19.3 Å². The van der Waals surface area contributed by atoms with Crippen LogP contribution >= 0.6 is 11.3 Å². The predicted octanol–water partition coefficient (Wildman–Crippen LogP) is 1.82. The van der Waals surface area contributed by atoms with Gasteiger partial charge in [0.1, 0.15) is 0 Å². The Morgan fingerprint density at radius 1 is 1.26 bits per heavy atom.